The van der Waals surface area contributed by atoms with E-state index < -0.39 is 0 Å². The molecule has 4 nitrogen and oxygen atoms in total. The van der Waals surface area contributed by atoms with Crippen LogP contribution in [0, 0.1) is 6.92 Å². The monoisotopic (exact) mass is 246 g/mol. The summed E-state index contributed by atoms with van der Waals surface area (Å²) in [5, 5.41) is 14.0. The zero-order valence-corrected chi connectivity index (χ0v) is 11.0. The van der Waals surface area contributed by atoms with Crippen molar-refractivity contribution in [1.82, 2.24) is 9.78 Å². The summed E-state index contributed by atoms with van der Waals surface area (Å²) >= 11 is 0. The second kappa shape index (κ2) is 5.23. The van der Waals surface area contributed by atoms with Gasteiger partial charge in [0, 0.05) is 0 Å². The number of hydrogen-bond donors (Lipinski definition) is 1. The summed E-state index contributed by atoms with van der Waals surface area (Å²) in [5.41, 5.74) is 3.74. The fourth-order valence-electron chi connectivity index (χ4n) is 2.07. The molecule has 0 saturated heterocycles. The third-order valence-electron chi connectivity index (χ3n) is 2.95. The molecular weight excluding hydrogens is 228 g/mol. The number of hydrogen-bond acceptors (Lipinski definition) is 3. The summed E-state index contributed by atoms with van der Waals surface area (Å²) in [6.07, 6.45) is 0.769. The Balaban J connectivity index is 2.60. The first-order chi connectivity index (χ1) is 8.71. The molecule has 0 aliphatic heterocycles. The van der Waals surface area contributed by atoms with Gasteiger partial charge in [0.05, 0.1) is 30.7 Å². The molecule has 0 amide bonds. The Morgan fingerprint density at radius 3 is 2.72 bits per heavy atom. The first-order valence-corrected chi connectivity index (χ1v) is 6.04. The van der Waals surface area contributed by atoms with E-state index in [1.165, 1.54) is 0 Å². The van der Waals surface area contributed by atoms with Crippen LogP contribution in [0.25, 0.3) is 5.69 Å². The molecule has 1 aromatic carbocycles. The van der Waals surface area contributed by atoms with Gasteiger partial charge in [-0.15, -0.1) is 0 Å². The van der Waals surface area contributed by atoms with Crippen LogP contribution < -0.4 is 4.74 Å². The van der Waals surface area contributed by atoms with Gasteiger partial charge in [0.1, 0.15) is 0 Å². The van der Waals surface area contributed by atoms with Crippen molar-refractivity contribution in [3.05, 3.63) is 41.1 Å². The lowest BCUT2D eigenvalue weighted by atomic mass is 10.2. The number of nitrogens with zero attached hydrogens (tertiary/aromatic N) is 2. The minimum absolute atomic E-state index is 0.0574. The molecule has 0 bridgehead atoms. The molecule has 0 fully saturated rings. The van der Waals surface area contributed by atoms with Gasteiger partial charge in [-0.05, 0) is 31.0 Å². The van der Waals surface area contributed by atoms with Crippen LogP contribution in [0.3, 0.4) is 0 Å². The van der Waals surface area contributed by atoms with Crippen molar-refractivity contribution in [3.63, 3.8) is 0 Å². The number of methoxy groups -OCH3 is 1. The highest BCUT2D eigenvalue weighted by Crippen LogP contribution is 2.26. The minimum atomic E-state index is -0.0574. The van der Waals surface area contributed by atoms with E-state index in [1.54, 1.807) is 11.8 Å². The van der Waals surface area contributed by atoms with Crippen LogP contribution in [0.4, 0.5) is 0 Å². The molecule has 0 atom stereocenters. The highest BCUT2D eigenvalue weighted by Gasteiger charge is 2.17. The number of aromatic nitrogens is 2. The summed E-state index contributed by atoms with van der Waals surface area (Å²) in [6.45, 7) is 3.99. The topological polar surface area (TPSA) is 47.3 Å². The average molecular weight is 246 g/mol. The fourth-order valence-corrected chi connectivity index (χ4v) is 2.07. The quantitative estimate of drug-likeness (QED) is 0.900. The Bertz CT molecular complexity index is 547. The second-order valence-corrected chi connectivity index (χ2v) is 4.20. The van der Waals surface area contributed by atoms with Gasteiger partial charge < -0.3 is 9.84 Å². The largest absolute Gasteiger partial charge is 0.481 e. The summed E-state index contributed by atoms with van der Waals surface area (Å²) in [4.78, 5) is 0. The minimum Gasteiger partial charge on any atom is -0.481 e. The number of aryl methyl sites for hydroxylation is 2. The standard InChI is InChI=1S/C14H18N2O2/c1-4-13-12(9-17)14(18-3)16(15-13)11-7-5-6-10(2)8-11/h5-8,17H,4,9H2,1-3H3. The third-order valence-corrected chi connectivity index (χ3v) is 2.95. The second-order valence-electron chi connectivity index (χ2n) is 4.20. The summed E-state index contributed by atoms with van der Waals surface area (Å²) in [5.74, 6) is 0.611. The van der Waals surface area contributed by atoms with Gasteiger partial charge in [0.25, 0.3) is 0 Å². The molecule has 0 spiro atoms. The van der Waals surface area contributed by atoms with Crippen molar-refractivity contribution in [2.75, 3.05) is 7.11 Å². The van der Waals surface area contributed by atoms with Crippen molar-refractivity contribution in [2.45, 2.75) is 26.9 Å². The van der Waals surface area contributed by atoms with Crippen LogP contribution in [0.1, 0.15) is 23.7 Å². The summed E-state index contributed by atoms with van der Waals surface area (Å²) in [7, 11) is 1.60. The van der Waals surface area contributed by atoms with E-state index in [1.807, 2.05) is 38.1 Å². The van der Waals surface area contributed by atoms with E-state index in [0.717, 1.165) is 28.9 Å². The molecule has 0 aliphatic rings. The maximum Gasteiger partial charge on any atom is 0.222 e. The van der Waals surface area contributed by atoms with Crippen LogP contribution in [0.15, 0.2) is 24.3 Å². The molecule has 18 heavy (non-hydrogen) atoms. The maximum absolute atomic E-state index is 9.44. The van der Waals surface area contributed by atoms with Crippen LogP contribution in [0.2, 0.25) is 0 Å². The first kappa shape index (κ1) is 12.6. The molecule has 0 radical (unpaired) electrons. The van der Waals surface area contributed by atoms with Crippen molar-refractivity contribution in [1.29, 1.82) is 0 Å². The first-order valence-electron chi connectivity index (χ1n) is 6.04. The number of aliphatic hydroxyl groups is 1. The Labute approximate surface area is 107 Å². The average Bonchev–Trinajstić information content (AvgIpc) is 2.76. The highest BCUT2D eigenvalue weighted by molar-refractivity contribution is 5.42. The van der Waals surface area contributed by atoms with Crippen molar-refractivity contribution in [3.8, 4) is 11.6 Å². The molecule has 96 valence electrons. The SMILES string of the molecule is CCc1nn(-c2cccc(C)c2)c(OC)c1CO. The Kier molecular flexibility index (Phi) is 3.67. The van der Waals surface area contributed by atoms with E-state index in [4.69, 9.17) is 4.74 Å². The molecule has 1 aromatic heterocycles. The molecular formula is C14H18N2O2. The fraction of sp³-hybridized carbons (Fsp3) is 0.357. The van der Waals surface area contributed by atoms with Crippen LogP contribution in [0.5, 0.6) is 5.88 Å². The van der Waals surface area contributed by atoms with Crippen molar-refractivity contribution in [2.24, 2.45) is 0 Å². The van der Waals surface area contributed by atoms with Gasteiger partial charge in [-0.2, -0.15) is 5.10 Å². The number of ether oxygens (including phenoxy) is 1. The van der Waals surface area contributed by atoms with Crippen LogP contribution in [-0.4, -0.2) is 22.0 Å². The maximum atomic E-state index is 9.44. The molecule has 4 heteroatoms. The van der Waals surface area contributed by atoms with E-state index >= 15 is 0 Å². The molecule has 0 saturated carbocycles. The molecule has 2 aromatic rings. The van der Waals surface area contributed by atoms with E-state index in [9.17, 15) is 5.11 Å². The normalized spacial score (nSPS) is 10.7. The molecule has 0 unspecified atom stereocenters. The zero-order valence-electron chi connectivity index (χ0n) is 11.0. The predicted molar refractivity (Wildman–Crippen MR) is 70.2 cm³/mol. The number of aliphatic hydroxyl groups excluding tert-OH is 1. The smallest absolute Gasteiger partial charge is 0.222 e. The van der Waals surface area contributed by atoms with Gasteiger partial charge in [-0.1, -0.05) is 19.1 Å². The van der Waals surface area contributed by atoms with Crippen LogP contribution in [-0.2, 0) is 13.0 Å². The van der Waals surface area contributed by atoms with E-state index in [2.05, 4.69) is 5.10 Å². The number of benzene rings is 1. The Morgan fingerprint density at radius 1 is 1.39 bits per heavy atom. The summed E-state index contributed by atoms with van der Waals surface area (Å²) in [6, 6.07) is 8.03. The van der Waals surface area contributed by atoms with Gasteiger partial charge in [-0.3, -0.25) is 0 Å². The molecule has 1 N–H and O–H groups in total. The van der Waals surface area contributed by atoms with Crippen molar-refractivity contribution < 1.29 is 9.84 Å². The lowest BCUT2D eigenvalue weighted by Crippen LogP contribution is -2.01. The van der Waals surface area contributed by atoms with Gasteiger partial charge in [-0.25, -0.2) is 4.68 Å². The molecule has 2 rings (SSSR count). The Morgan fingerprint density at radius 2 is 2.17 bits per heavy atom. The molecule has 1 heterocycles. The zero-order chi connectivity index (χ0) is 13.1. The van der Waals surface area contributed by atoms with Gasteiger partial charge >= 0.3 is 0 Å². The summed E-state index contributed by atoms with van der Waals surface area (Å²) < 4.78 is 7.13. The third kappa shape index (κ3) is 2.11. The van der Waals surface area contributed by atoms with Crippen LogP contribution >= 0.6 is 0 Å². The number of rotatable bonds is 4. The van der Waals surface area contributed by atoms with Gasteiger partial charge in [0.2, 0.25) is 5.88 Å². The Hall–Kier alpha value is -1.81. The molecule has 0 aliphatic carbocycles. The van der Waals surface area contributed by atoms with Crippen molar-refractivity contribution >= 4 is 0 Å². The lowest BCUT2D eigenvalue weighted by Gasteiger charge is -2.07. The van der Waals surface area contributed by atoms with E-state index in [0.29, 0.717) is 5.88 Å². The predicted octanol–water partition coefficient (Wildman–Crippen LogP) is 2.24. The highest BCUT2D eigenvalue weighted by atomic mass is 16.5. The van der Waals surface area contributed by atoms with E-state index in [-0.39, 0.29) is 6.61 Å². The lowest BCUT2D eigenvalue weighted by molar-refractivity contribution is 0.271. The van der Waals surface area contributed by atoms with Gasteiger partial charge in [0.15, 0.2) is 0 Å².